The van der Waals surface area contributed by atoms with Crippen molar-refractivity contribution in [2.75, 3.05) is 25.6 Å². The van der Waals surface area contributed by atoms with Crippen LogP contribution in [0.25, 0.3) is 0 Å². The van der Waals surface area contributed by atoms with Crippen molar-refractivity contribution < 1.29 is 14.3 Å². The maximum atomic E-state index is 12.7. The molecule has 1 heterocycles. The van der Waals surface area contributed by atoms with Crippen LogP contribution in [-0.4, -0.2) is 32.7 Å². The number of nitrogens with zero attached hydrogens (tertiary/aromatic N) is 1. The van der Waals surface area contributed by atoms with E-state index in [0.717, 1.165) is 35.6 Å². The number of nitrogens with one attached hydrogen (secondary N) is 1. The number of carbonyl (C=O) groups excluding carboxylic acids is 1. The molecular weight excluding hydrogens is 328 g/mol. The zero-order valence-corrected chi connectivity index (χ0v) is 15.2. The van der Waals surface area contributed by atoms with Crippen molar-refractivity contribution in [1.29, 1.82) is 0 Å². The summed E-state index contributed by atoms with van der Waals surface area (Å²) in [4.78, 5) is 14.7. The number of ether oxygens (including phenoxy) is 2. The number of para-hydroxylation sites is 2. The van der Waals surface area contributed by atoms with Crippen LogP contribution in [-0.2, 0) is 24.2 Å². The monoisotopic (exact) mass is 352 g/mol. The lowest BCUT2D eigenvalue weighted by Gasteiger charge is -2.33. The standard InChI is InChI=1S/C21H24N2O3/c1-23-13-20(26-18-9-4-3-8-17(18)23)21(24)22-12-16-10-14-6-5-7-15(14)11-19(16)25-2/h3-4,8-11,20H,5-7,12-13H2,1-2H3,(H,22,24)/t20-/m1/s1. The first-order valence-electron chi connectivity index (χ1n) is 9.09. The van der Waals surface area contributed by atoms with Crippen LogP contribution >= 0.6 is 0 Å². The van der Waals surface area contributed by atoms with Crippen LogP contribution in [0.2, 0.25) is 0 Å². The third kappa shape index (κ3) is 3.09. The molecule has 0 unspecified atom stereocenters. The molecule has 2 aromatic rings. The summed E-state index contributed by atoms with van der Waals surface area (Å²) in [6.45, 7) is 0.977. The molecule has 1 aliphatic heterocycles. The van der Waals surface area contributed by atoms with Crippen LogP contribution in [0.15, 0.2) is 36.4 Å². The fourth-order valence-corrected chi connectivity index (χ4v) is 3.82. The van der Waals surface area contributed by atoms with Gasteiger partial charge in [-0.25, -0.2) is 0 Å². The highest BCUT2D eigenvalue weighted by Gasteiger charge is 2.29. The van der Waals surface area contributed by atoms with Gasteiger partial charge in [0.25, 0.3) is 5.91 Å². The van der Waals surface area contributed by atoms with Crippen molar-refractivity contribution in [2.45, 2.75) is 31.9 Å². The Labute approximate surface area is 153 Å². The normalized spacial score (nSPS) is 17.9. The smallest absolute Gasteiger partial charge is 0.263 e. The molecule has 2 aromatic carbocycles. The molecule has 0 bridgehead atoms. The van der Waals surface area contributed by atoms with E-state index in [1.54, 1.807) is 7.11 Å². The van der Waals surface area contributed by atoms with Crippen molar-refractivity contribution in [3.05, 3.63) is 53.1 Å². The topological polar surface area (TPSA) is 50.8 Å². The summed E-state index contributed by atoms with van der Waals surface area (Å²) in [6, 6.07) is 12.1. The number of aryl methyl sites for hydroxylation is 2. The van der Waals surface area contributed by atoms with Gasteiger partial charge < -0.3 is 19.7 Å². The second-order valence-corrected chi connectivity index (χ2v) is 6.96. The van der Waals surface area contributed by atoms with E-state index in [1.165, 1.54) is 17.5 Å². The number of carbonyl (C=O) groups is 1. The fraction of sp³-hybridized carbons (Fsp3) is 0.381. The number of anilines is 1. The van der Waals surface area contributed by atoms with Gasteiger partial charge in [0.2, 0.25) is 0 Å². The summed E-state index contributed by atoms with van der Waals surface area (Å²) in [5, 5.41) is 3.02. The van der Waals surface area contributed by atoms with Crippen molar-refractivity contribution in [1.82, 2.24) is 5.32 Å². The first kappa shape index (κ1) is 16.8. The molecule has 5 nitrogen and oxygen atoms in total. The quantitative estimate of drug-likeness (QED) is 0.919. The molecular formula is C21H24N2O3. The summed E-state index contributed by atoms with van der Waals surface area (Å²) < 4.78 is 11.4. The van der Waals surface area contributed by atoms with Gasteiger partial charge in [-0.3, -0.25) is 4.79 Å². The van der Waals surface area contributed by atoms with E-state index in [4.69, 9.17) is 9.47 Å². The third-order valence-electron chi connectivity index (χ3n) is 5.23. The highest BCUT2D eigenvalue weighted by Crippen LogP contribution is 2.32. The Kier molecular flexibility index (Phi) is 4.45. The Morgan fingerprint density at radius 1 is 1.27 bits per heavy atom. The Bertz CT molecular complexity index is 834. The molecule has 0 saturated carbocycles. The Morgan fingerprint density at radius 2 is 2.04 bits per heavy atom. The van der Waals surface area contributed by atoms with Gasteiger partial charge in [-0.15, -0.1) is 0 Å². The molecule has 0 fully saturated rings. The van der Waals surface area contributed by atoms with Crippen molar-refractivity contribution in [3.8, 4) is 11.5 Å². The van der Waals surface area contributed by atoms with Gasteiger partial charge in [0.1, 0.15) is 11.5 Å². The number of likely N-dealkylation sites (N-methyl/N-ethyl adjacent to an activating group) is 1. The molecule has 0 aromatic heterocycles. The summed E-state index contributed by atoms with van der Waals surface area (Å²) in [5.74, 6) is 1.49. The minimum Gasteiger partial charge on any atom is -0.496 e. The van der Waals surface area contributed by atoms with Crippen LogP contribution < -0.4 is 19.7 Å². The minimum atomic E-state index is -0.518. The number of hydrogen-bond donors (Lipinski definition) is 1. The molecule has 1 amide bonds. The molecule has 0 spiro atoms. The van der Waals surface area contributed by atoms with Crippen LogP contribution in [0.5, 0.6) is 11.5 Å². The number of amides is 1. The lowest BCUT2D eigenvalue weighted by molar-refractivity contribution is -0.128. The molecule has 1 N–H and O–H groups in total. The summed E-state index contributed by atoms with van der Waals surface area (Å²) in [5.41, 5.74) is 4.77. The summed E-state index contributed by atoms with van der Waals surface area (Å²) >= 11 is 0. The lowest BCUT2D eigenvalue weighted by Crippen LogP contribution is -2.47. The van der Waals surface area contributed by atoms with Gasteiger partial charge in [0.05, 0.1) is 19.3 Å². The molecule has 4 rings (SSSR count). The van der Waals surface area contributed by atoms with Crippen LogP contribution in [0.3, 0.4) is 0 Å². The first-order chi connectivity index (χ1) is 12.7. The number of rotatable bonds is 4. The SMILES string of the molecule is COc1cc2c(cc1CNC(=O)[C@H]1CN(C)c3ccccc3O1)CCC2. The summed E-state index contributed by atoms with van der Waals surface area (Å²) in [6.07, 6.45) is 2.89. The second-order valence-electron chi connectivity index (χ2n) is 6.96. The maximum absolute atomic E-state index is 12.7. The van der Waals surface area contributed by atoms with Gasteiger partial charge in [0.15, 0.2) is 6.10 Å². The van der Waals surface area contributed by atoms with Gasteiger partial charge >= 0.3 is 0 Å². The molecule has 0 radical (unpaired) electrons. The number of hydrogen-bond acceptors (Lipinski definition) is 4. The van der Waals surface area contributed by atoms with E-state index in [2.05, 4.69) is 22.3 Å². The van der Waals surface area contributed by atoms with E-state index >= 15 is 0 Å². The van der Waals surface area contributed by atoms with E-state index < -0.39 is 6.10 Å². The molecule has 136 valence electrons. The highest BCUT2D eigenvalue weighted by atomic mass is 16.5. The molecule has 2 aliphatic rings. The van der Waals surface area contributed by atoms with E-state index in [9.17, 15) is 4.79 Å². The van der Waals surface area contributed by atoms with Crippen LogP contribution in [0.4, 0.5) is 5.69 Å². The Hall–Kier alpha value is -2.69. The largest absolute Gasteiger partial charge is 0.496 e. The minimum absolute atomic E-state index is 0.103. The molecule has 1 atom stereocenters. The lowest BCUT2D eigenvalue weighted by atomic mass is 10.0. The van der Waals surface area contributed by atoms with Gasteiger partial charge in [0, 0.05) is 19.2 Å². The zero-order chi connectivity index (χ0) is 18.1. The maximum Gasteiger partial charge on any atom is 0.263 e. The Morgan fingerprint density at radius 3 is 2.85 bits per heavy atom. The average Bonchev–Trinajstić information content (AvgIpc) is 3.12. The number of benzene rings is 2. The fourth-order valence-electron chi connectivity index (χ4n) is 3.82. The number of methoxy groups -OCH3 is 1. The van der Waals surface area contributed by atoms with Crippen molar-refractivity contribution >= 4 is 11.6 Å². The molecule has 1 aliphatic carbocycles. The van der Waals surface area contributed by atoms with E-state index in [0.29, 0.717) is 13.1 Å². The van der Waals surface area contributed by atoms with Gasteiger partial charge in [-0.2, -0.15) is 0 Å². The molecule has 26 heavy (non-hydrogen) atoms. The molecule has 5 heteroatoms. The van der Waals surface area contributed by atoms with Gasteiger partial charge in [-0.1, -0.05) is 18.2 Å². The summed E-state index contributed by atoms with van der Waals surface area (Å²) in [7, 11) is 3.66. The van der Waals surface area contributed by atoms with Gasteiger partial charge in [-0.05, 0) is 48.6 Å². The predicted molar refractivity (Wildman–Crippen MR) is 101 cm³/mol. The van der Waals surface area contributed by atoms with Crippen molar-refractivity contribution in [3.63, 3.8) is 0 Å². The Balaban J connectivity index is 1.45. The predicted octanol–water partition coefficient (Wildman–Crippen LogP) is 2.70. The highest BCUT2D eigenvalue weighted by molar-refractivity contribution is 5.83. The first-order valence-corrected chi connectivity index (χ1v) is 9.09. The average molecular weight is 352 g/mol. The second kappa shape index (κ2) is 6.90. The molecule has 0 saturated heterocycles. The van der Waals surface area contributed by atoms with Crippen LogP contribution in [0.1, 0.15) is 23.1 Å². The van der Waals surface area contributed by atoms with Crippen LogP contribution in [0, 0.1) is 0 Å². The number of fused-ring (bicyclic) bond motifs is 2. The van der Waals surface area contributed by atoms with E-state index in [1.807, 2.05) is 31.3 Å². The van der Waals surface area contributed by atoms with E-state index in [-0.39, 0.29) is 5.91 Å². The zero-order valence-electron chi connectivity index (χ0n) is 15.2. The third-order valence-corrected chi connectivity index (χ3v) is 5.23. The van der Waals surface area contributed by atoms with Crippen molar-refractivity contribution in [2.24, 2.45) is 0 Å².